The van der Waals surface area contributed by atoms with Gasteiger partial charge in [0.15, 0.2) is 9.84 Å². The Morgan fingerprint density at radius 1 is 1.20 bits per heavy atom. The molecule has 3 nitrogen and oxygen atoms in total. The highest BCUT2D eigenvalue weighted by Gasteiger charge is 2.21. The molecule has 0 bridgehead atoms. The average molecular weight is 289 g/mol. The summed E-state index contributed by atoms with van der Waals surface area (Å²) in [6.07, 6.45) is 5.44. The molecule has 0 amide bonds. The molecule has 2 rings (SSSR count). The average Bonchev–Trinajstić information content (AvgIpc) is 2.45. The van der Waals surface area contributed by atoms with Crippen LogP contribution in [0.2, 0.25) is 0 Å². The molecule has 1 aromatic rings. The first-order chi connectivity index (χ1) is 9.55. The molecule has 1 fully saturated rings. The van der Waals surface area contributed by atoms with Crippen LogP contribution in [-0.4, -0.2) is 33.0 Å². The van der Waals surface area contributed by atoms with Gasteiger partial charge in [0.1, 0.15) is 0 Å². The van der Waals surface area contributed by atoms with Crippen LogP contribution in [0.5, 0.6) is 0 Å². The number of hydrogen-bond acceptors (Lipinski definition) is 3. The molecule has 4 heteroatoms. The molecule has 0 atom stereocenters. The van der Waals surface area contributed by atoms with Gasteiger partial charge >= 0.3 is 0 Å². The molecule has 1 aliphatic rings. The van der Waals surface area contributed by atoms with Gasteiger partial charge in [-0.2, -0.15) is 0 Å². The Morgan fingerprint density at radius 3 is 2.50 bits per heavy atom. The van der Waals surface area contributed by atoms with Crippen LogP contribution in [0, 0.1) is 0 Å². The second-order valence-electron chi connectivity index (χ2n) is 4.75. The number of nitrogens with zero attached hydrogens (tertiary/aromatic N) is 1. The van der Waals surface area contributed by atoms with Gasteiger partial charge < -0.3 is 4.90 Å². The zero-order valence-electron chi connectivity index (χ0n) is 11.5. The van der Waals surface area contributed by atoms with Crippen LogP contribution < -0.4 is 4.90 Å². The first-order valence-electron chi connectivity index (χ1n) is 6.57. The van der Waals surface area contributed by atoms with Crippen LogP contribution in [-0.2, 0) is 9.84 Å². The van der Waals surface area contributed by atoms with Crippen LogP contribution in [0.15, 0.2) is 55.7 Å². The molecule has 0 saturated carbocycles. The van der Waals surface area contributed by atoms with Crippen LogP contribution in [0.25, 0.3) is 5.57 Å². The van der Waals surface area contributed by atoms with Gasteiger partial charge in [-0.1, -0.05) is 43.5 Å². The monoisotopic (exact) mass is 289 g/mol. The number of hydrogen-bond donors (Lipinski definition) is 0. The van der Waals surface area contributed by atoms with Crippen molar-refractivity contribution in [1.29, 1.82) is 0 Å². The van der Waals surface area contributed by atoms with Gasteiger partial charge in [0.25, 0.3) is 0 Å². The lowest BCUT2D eigenvalue weighted by molar-refractivity contribution is 0.587. The maximum atomic E-state index is 11.5. The molecule has 20 heavy (non-hydrogen) atoms. The van der Waals surface area contributed by atoms with E-state index in [-0.39, 0.29) is 11.5 Å². The van der Waals surface area contributed by atoms with Crippen LogP contribution in [0.1, 0.15) is 5.56 Å². The van der Waals surface area contributed by atoms with Gasteiger partial charge in [-0.15, -0.1) is 0 Å². The molecule has 106 valence electrons. The Bertz CT molecular complexity index is 630. The number of benzene rings is 1. The zero-order valence-corrected chi connectivity index (χ0v) is 12.3. The van der Waals surface area contributed by atoms with Gasteiger partial charge in [-0.3, -0.25) is 0 Å². The molecule has 1 aliphatic heterocycles. The van der Waals surface area contributed by atoms with Crippen molar-refractivity contribution in [3.63, 3.8) is 0 Å². The Labute approximate surface area is 120 Å². The third-order valence-electron chi connectivity index (χ3n) is 3.41. The van der Waals surface area contributed by atoms with Crippen LogP contribution in [0.4, 0.5) is 5.69 Å². The maximum absolute atomic E-state index is 11.5. The maximum Gasteiger partial charge on any atom is 0.153 e. The number of anilines is 1. The SMILES string of the molecule is C=CC=C(C=C)c1cccc(N2CCS(=O)(=O)CC2)c1. The second-order valence-corrected chi connectivity index (χ2v) is 7.05. The lowest BCUT2D eigenvalue weighted by atomic mass is 10.0. The predicted octanol–water partition coefficient (Wildman–Crippen LogP) is 2.68. The lowest BCUT2D eigenvalue weighted by Gasteiger charge is -2.29. The normalized spacial score (nSPS) is 18.6. The molecule has 1 saturated heterocycles. The predicted molar refractivity (Wildman–Crippen MR) is 85.7 cm³/mol. The topological polar surface area (TPSA) is 37.4 Å². The van der Waals surface area contributed by atoms with E-state index in [2.05, 4.69) is 24.1 Å². The fraction of sp³-hybridized carbons (Fsp3) is 0.250. The summed E-state index contributed by atoms with van der Waals surface area (Å²) >= 11 is 0. The standard InChI is InChI=1S/C16H19NO2S/c1-3-6-14(4-2)15-7-5-8-16(13-15)17-9-11-20(18,19)12-10-17/h3-8,13H,1-2,9-12H2. The Morgan fingerprint density at radius 2 is 1.90 bits per heavy atom. The van der Waals surface area contributed by atoms with Crippen molar-refractivity contribution < 1.29 is 8.42 Å². The van der Waals surface area contributed by atoms with Gasteiger partial charge in [0, 0.05) is 18.8 Å². The highest BCUT2D eigenvalue weighted by molar-refractivity contribution is 7.91. The van der Waals surface area contributed by atoms with Crippen molar-refractivity contribution in [2.45, 2.75) is 0 Å². The summed E-state index contributed by atoms with van der Waals surface area (Å²) in [4.78, 5) is 2.11. The molecule has 1 aromatic carbocycles. The minimum Gasteiger partial charge on any atom is -0.369 e. The quantitative estimate of drug-likeness (QED) is 0.800. The third kappa shape index (κ3) is 3.39. The van der Waals surface area contributed by atoms with Crippen molar-refractivity contribution in [2.24, 2.45) is 0 Å². The summed E-state index contributed by atoms with van der Waals surface area (Å²) in [6, 6.07) is 8.07. The Balaban J connectivity index is 2.24. The molecule has 0 spiro atoms. The van der Waals surface area contributed by atoms with Crippen molar-refractivity contribution in [3.8, 4) is 0 Å². The summed E-state index contributed by atoms with van der Waals surface area (Å²) in [5.74, 6) is 0.460. The fourth-order valence-electron chi connectivity index (χ4n) is 2.26. The number of allylic oxidation sites excluding steroid dienone is 4. The Hall–Kier alpha value is -1.81. The van der Waals surface area contributed by atoms with Crippen molar-refractivity contribution in [2.75, 3.05) is 29.5 Å². The van der Waals surface area contributed by atoms with Crippen molar-refractivity contribution >= 4 is 21.1 Å². The minimum absolute atomic E-state index is 0.230. The third-order valence-corrected chi connectivity index (χ3v) is 5.02. The minimum atomic E-state index is -2.85. The van der Waals surface area contributed by atoms with E-state index in [4.69, 9.17) is 0 Å². The van der Waals surface area contributed by atoms with Crippen molar-refractivity contribution in [3.05, 3.63) is 61.2 Å². The zero-order chi connectivity index (χ0) is 14.6. The molecule has 0 N–H and O–H groups in total. The van der Waals surface area contributed by atoms with E-state index in [0.717, 1.165) is 16.8 Å². The van der Waals surface area contributed by atoms with E-state index in [1.807, 2.05) is 24.3 Å². The number of sulfone groups is 1. The molecule has 0 radical (unpaired) electrons. The molecular formula is C16H19NO2S. The highest BCUT2D eigenvalue weighted by atomic mass is 32.2. The summed E-state index contributed by atoms with van der Waals surface area (Å²) in [6.45, 7) is 8.62. The molecule has 1 heterocycles. The molecule has 0 aliphatic carbocycles. The molecular weight excluding hydrogens is 270 g/mol. The summed E-state index contributed by atoms with van der Waals surface area (Å²) in [5, 5.41) is 0. The van der Waals surface area contributed by atoms with Crippen LogP contribution >= 0.6 is 0 Å². The highest BCUT2D eigenvalue weighted by Crippen LogP contribution is 2.23. The van der Waals surface area contributed by atoms with E-state index < -0.39 is 9.84 Å². The van der Waals surface area contributed by atoms with Gasteiger partial charge in [-0.05, 0) is 23.3 Å². The first kappa shape index (κ1) is 14.6. The van der Waals surface area contributed by atoms with E-state index in [1.54, 1.807) is 12.2 Å². The molecule has 0 unspecified atom stereocenters. The molecule has 0 aromatic heterocycles. The summed E-state index contributed by atoms with van der Waals surface area (Å²) in [7, 11) is -2.85. The van der Waals surface area contributed by atoms with E-state index in [1.165, 1.54) is 0 Å². The smallest absolute Gasteiger partial charge is 0.153 e. The lowest BCUT2D eigenvalue weighted by Crippen LogP contribution is -2.40. The first-order valence-corrected chi connectivity index (χ1v) is 8.39. The van der Waals surface area contributed by atoms with Crippen LogP contribution in [0.3, 0.4) is 0 Å². The van der Waals surface area contributed by atoms with Gasteiger partial charge in [0.2, 0.25) is 0 Å². The van der Waals surface area contributed by atoms with E-state index in [0.29, 0.717) is 13.1 Å². The second kappa shape index (κ2) is 6.09. The number of rotatable bonds is 4. The van der Waals surface area contributed by atoms with Gasteiger partial charge in [0.05, 0.1) is 11.5 Å². The summed E-state index contributed by atoms with van der Waals surface area (Å²) in [5.41, 5.74) is 3.12. The van der Waals surface area contributed by atoms with Gasteiger partial charge in [-0.25, -0.2) is 8.42 Å². The van der Waals surface area contributed by atoms with Crippen molar-refractivity contribution in [1.82, 2.24) is 0 Å². The summed E-state index contributed by atoms with van der Waals surface area (Å²) < 4.78 is 22.9. The largest absolute Gasteiger partial charge is 0.369 e. The fourth-order valence-corrected chi connectivity index (χ4v) is 3.46. The Kier molecular flexibility index (Phi) is 4.45. The van der Waals surface area contributed by atoms with E-state index in [9.17, 15) is 8.42 Å². The van der Waals surface area contributed by atoms with E-state index >= 15 is 0 Å².